The van der Waals surface area contributed by atoms with Crippen LogP contribution in [0.1, 0.15) is 48.9 Å². The third-order valence-electron chi connectivity index (χ3n) is 5.54. The van der Waals surface area contributed by atoms with Crippen molar-refractivity contribution in [1.82, 2.24) is 15.2 Å². The Kier molecular flexibility index (Phi) is 3.85. The maximum Gasteiger partial charge on any atom is 0.253 e. The van der Waals surface area contributed by atoms with Gasteiger partial charge in [-0.15, -0.1) is 0 Å². The molecule has 2 aromatic rings. The summed E-state index contributed by atoms with van der Waals surface area (Å²) in [7, 11) is 1.99. The number of aromatic nitrogens is 1. The second-order valence-corrected chi connectivity index (χ2v) is 7.08. The quantitative estimate of drug-likeness (QED) is 0.912. The molecule has 23 heavy (non-hydrogen) atoms. The van der Waals surface area contributed by atoms with Crippen LogP contribution in [-0.4, -0.2) is 28.6 Å². The zero-order valence-electron chi connectivity index (χ0n) is 13.7. The molecular weight excluding hydrogens is 286 g/mol. The highest BCUT2D eigenvalue weighted by Gasteiger charge is 2.34. The first-order valence-electron chi connectivity index (χ1n) is 8.83. The third-order valence-corrected chi connectivity index (χ3v) is 5.54. The monoisotopic (exact) mass is 311 g/mol. The molecule has 0 bridgehead atoms. The summed E-state index contributed by atoms with van der Waals surface area (Å²) in [5.41, 5.74) is 1.89. The summed E-state index contributed by atoms with van der Waals surface area (Å²) < 4.78 is 2.03. The first kappa shape index (κ1) is 14.8. The number of aryl methyl sites for hydroxylation is 1. The topological polar surface area (TPSA) is 46.1 Å². The molecule has 0 saturated heterocycles. The number of nitrogens with one attached hydrogen (secondary N) is 2. The lowest BCUT2D eigenvalue weighted by Gasteiger charge is -2.39. The Labute approximate surface area is 137 Å². The Morgan fingerprint density at radius 3 is 2.57 bits per heavy atom. The molecule has 2 unspecified atom stereocenters. The Balaban J connectivity index is 1.44. The van der Waals surface area contributed by atoms with Crippen LogP contribution in [0.3, 0.4) is 0 Å². The van der Waals surface area contributed by atoms with E-state index >= 15 is 0 Å². The van der Waals surface area contributed by atoms with Gasteiger partial charge in [-0.2, -0.15) is 0 Å². The predicted octanol–water partition coefficient (Wildman–Crippen LogP) is 2.97. The number of nitrogens with zero attached hydrogens (tertiary/aromatic N) is 1. The van der Waals surface area contributed by atoms with Gasteiger partial charge in [0.25, 0.3) is 5.91 Å². The van der Waals surface area contributed by atoms with E-state index in [-0.39, 0.29) is 11.9 Å². The third kappa shape index (κ3) is 2.76. The van der Waals surface area contributed by atoms with Gasteiger partial charge in [-0.25, -0.2) is 0 Å². The van der Waals surface area contributed by atoms with E-state index < -0.39 is 0 Å². The number of fused-ring (bicyclic) bond motifs is 1. The summed E-state index contributed by atoms with van der Waals surface area (Å²) in [5.74, 6) is 0.0599. The summed E-state index contributed by atoms with van der Waals surface area (Å²) >= 11 is 0. The van der Waals surface area contributed by atoms with Crippen molar-refractivity contribution in [2.45, 2.75) is 56.7 Å². The van der Waals surface area contributed by atoms with E-state index in [1.165, 1.54) is 32.1 Å². The Hall–Kier alpha value is -1.81. The van der Waals surface area contributed by atoms with Crippen LogP contribution < -0.4 is 10.6 Å². The Morgan fingerprint density at radius 2 is 1.83 bits per heavy atom. The molecule has 0 spiro atoms. The molecule has 1 amide bonds. The molecule has 2 saturated carbocycles. The molecular formula is C19H25N3O. The highest BCUT2D eigenvalue weighted by Crippen LogP contribution is 2.26. The van der Waals surface area contributed by atoms with Gasteiger partial charge >= 0.3 is 0 Å². The molecule has 4 heteroatoms. The van der Waals surface area contributed by atoms with Crippen molar-refractivity contribution < 1.29 is 4.79 Å². The van der Waals surface area contributed by atoms with Crippen molar-refractivity contribution in [3.63, 3.8) is 0 Å². The zero-order chi connectivity index (χ0) is 15.8. The van der Waals surface area contributed by atoms with Crippen LogP contribution in [0.5, 0.6) is 0 Å². The smallest absolute Gasteiger partial charge is 0.253 e. The molecule has 2 N–H and O–H groups in total. The number of amides is 1. The molecule has 2 atom stereocenters. The lowest BCUT2D eigenvalue weighted by atomic mass is 9.85. The average molecular weight is 311 g/mol. The van der Waals surface area contributed by atoms with Gasteiger partial charge in [0.2, 0.25) is 0 Å². The normalized spacial score (nSPS) is 24.7. The molecule has 2 fully saturated rings. The number of hydrogen-bond donors (Lipinski definition) is 2. The standard InChI is InChI=1S/C19H25N3O/c1-22-12-15(14-8-4-5-9-18(14)22)19(23)21-17-11-10-16(17)20-13-6-2-3-7-13/h4-5,8-9,12-13,16-17,20H,2-3,6-7,10-11H2,1H3,(H,21,23). The maximum absolute atomic E-state index is 12.7. The first-order valence-corrected chi connectivity index (χ1v) is 8.83. The SMILES string of the molecule is Cn1cc(C(=O)NC2CCC2NC2CCCC2)c2ccccc21. The zero-order valence-corrected chi connectivity index (χ0v) is 13.7. The molecule has 0 aliphatic heterocycles. The van der Waals surface area contributed by atoms with Crippen LogP contribution in [0.4, 0.5) is 0 Å². The van der Waals surface area contributed by atoms with Crippen molar-refractivity contribution in [2.24, 2.45) is 7.05 Å². The van der Waals surface area contributed by atoms with Gasteiger partial charge in [-0.05, 0) is 31.7 Å². The van der Waals surface area contributed by atoms with Gasteiger partial charge in [0.1, 0.15) is 0 Å². The number of rotatable bonds is 4. The molecule has 0 radical (unpaired) electrons. The minimum atomic E-state index is 0.0599. The van der Waals surface area contributed by atoms with Gasteiger partial charge in [-0.3, -0.25) is 4.79 Å². The van der Waals surface area contributed by atoms with Crippen molar-refractivity contribution >= 4 is 16.8 Å². The van der Waals surface area contributed by atoms with Gasteiger partial charge in [0.15, 0.2) is 0 Å². The molecule has 1 heterocycles. The predicted molar refractivity (Wildman–Crippen MR) is 92.6 cm³/mol. The van der Waals surface area contributed by atoms with Crippen LogP contribution in [0.25, 0.3) is 10.9 Å². The number of carbonyl (C=O) groups excluding carboxylic acids is 1. The first-order chi connectivity index (χ1) is 11.2. The van der Waals surface area contributed by atoms with E-state index in [9.17, 15) is 4.79 Å². The fourth-order valence-electron chi connectivity index (χ4n) is 4.04. The van der Waals surface area contributed by atoms with E-state index in [0.29, 0.717) is 12.1 Å². The lowest BCUT2D eigenvalue weighted by molar-refractivity contribution is 0.0891. The van der Waals surface area contributed by atoms with Gasteiger partial charge < -0.3 is 15.2 Å². The van der Waals surface area contributed by atoms with Crippen LogP contribution in [0.15, 0.2) is 30.5 Å². The highest BCUT2D eigenvalue weighted by atomic mass is 16.1. The average Bonchev–Trinajstić information content (AvgIpc) is 3.18. The number of para-hydroxylation sites is 1. The van der Waals surface area contributed by atoms with E-state index in [0.717, 1.165) is 22.9 Å². The molecule has 2 aliphatic carbocycles. The molecule has 122 valence electrons. The van der Waals surface area contributed by atoms with Crippen molar-refractivity contribution in [1.29, 1.82) is 0 Å². The van der Waals surface area contributed by atoms with Crippen molar-refractivity contribution in [3.05, 3.63) is 36.0 Å². The lowest BCUT2D eigenvalue weighted by Crippen LogP contribution is -2.58. The van der Waals surface area contributed by atoms with E-state index in [1.54, 1.807) is 0 Å². The fraction of sp³-hybridized carbons (Fsp3) is 0.526. The minimum absolute atomic E-state index is 0.0599. The van der Waals surface area contributed by atoms with Crippen molar-refractivity contribution in [2.75, 3.05) is 0 Å². The number of carbonyl (C=O) groups is 1. The summed E-state index contributed by atoms with van der Waals surface area (Å²) in [6.45, 7) is 0. The summed E-state index contributed by atoms with van der Waals surface area (Å²) in [4.78, 5) is 12.7. The number of hydrogen-bond acceptors (Lipinski definition) is 2. The minimum Gasteiger partial charge on any atom is -0.350 e. The van der Waals surface area contributed by atoms with E-state index in [1.807, 2.05) is 36.0 Å². The number of benzene rings is 1. The molecule has 1 aromatic heterocycles. The molecule has 1 aromatic carbocycles. The largest absolute Gasteiger partial charge is 0.350 e. The van der Waals surface area contributed by atoms with Crippen LogP contribution in [0.2, 0.25) is 0 Å². The Morgan fingerprint density at radius 1 is 1.09 bits per heavy atom. The fourth-order valence-corrected chi connectivity index (χ4v) is 4.04. The summed E-state index contributed by atoms with van der Waals surface area (Å²) in [6, 6.07) is 9.49. The summed E-state index contributed by atoms with van der Waals surface area (Å²) in [6.07, 6.45) is 9.48. The molecule has 2 aliphatic rings. The van der Waals surface area contributed by atoms with Crippen LogP contribution >= 0.6 is 0 Å². The van der Waals surface area contributed by atoms with Crippen molar-refractivity contribution in [3.8, 4) is 0 Å². The molecule has 4 nitrogen and oxygen atoms in total. The second kappa shape index (κ2) is 6.00. The van der Waals surface area contributed by atoms with Crippen LogP contribution in [0, 0.1) is 0 Å². The highest BCUT2D eigenvalue weighted by molar-refractivity contribution is 6.07. The van der Waals surface area contributed by atoms with Gasteiger partial charge in [0.05, 0.1) is 5.56 Å². The maximum atomic E-state index is 12.7. The second-order valence-electron chi connectivity index (χ2n) is 7.08. The van der Waals surface area contributed by atoms with E-state index in [4.69, 9.17) is 0 Å². The van der Waals surface area contributed by atoms with Crippen LogP contribution in [-0.2, 0) is 7.05 Å². The molecule has 4 rings (SSSR count). The Bertz CT molecular complexity index is 714. The van der Waals surface area contributed by atoms with Gasteiger partial charge in [-0.1, -0.05) is 31.0 Å². The van der Waals surface area contributed by atoms with Gasteiger partial charge in [0, 0.05) is 42.3 Å². The summed E-state index contributed by atoms with van der Waals surface area (Å²) in [5, 5.41) is 8.03. The van der Waals surface area contributed by atoms with E-state index in [2.05, 4.69) is 16.7 Å².